The number of benzene rings is 1. The van der Waals surface area contributed by atoms with Gasteiger partial charge in [-0.25, -0.2) is 4.98 Å². The first kappa shape index (κ1) is 17.6. The number of halogens is 1. The smallest absolute Gasteiger partial charge is 0.183 e. The van der Waals surface area contributed by atoms with Crippen molar-refractivity contribution in [1.29, 1.82) is 0 Å². The minimum absolute atomic E-state index is 0.180. The molecule has 0 saturated carbocycles. The predicted octanol–water partition coefficient (Wildman–Crippen LogP) is 2.22. The molecule has 0 spiro atoms. The first-order valence-electron chi connectivity index (χ1n) is 6.90. The number of hydrogen-bond donors (Lipinski definition) is 1. The lowest BCUT2D eigenvalue weighted by atomic mass is 10.2. The van der Waals surface area contributed by atoms with Crippen LogP contribution in [0.25, 0.3) is 0 Å². The minimum atomic E-state index is -1.14. The molecule has 0 aliphatic carbocycles. The van der Waals surface area contributed by atoms with Crippen LogP contribution in [0.15, 0.2) is 22.0 Å². The van der Waals surface area contributed by atoms with Gasteiger partial charge in [-0.1, -0.05) is 0 Å². The van der Waals surface area contributed by atoms with E-state index in [1.165, 1.54) is 11.3 Å². The second kappa shape index (κ2) is 8.16. The first-order chi connectivity index (χ1) is 11.0. The number of aliphatic carboxylic acids is 1. The molecule has 0 aliphatic rings. The molecule has 0 saturated heterocycles. The molecule has 1 aromatic heterocycles. The molecule has 0 aliphatic heterocycles. The fourth-order valence-electron chi connectivity index (χ4n) is 1.95. The lowest BCUT2D eigenvalue weighted by Crippen LogP contribution is -2.24. The monoisotopic (exact) mass is 399 g/mol. The van der Waals surface area contributed by atoms with Crippen LogP contribution in [0, 0.1) is 0 Å². The van der Waals surface area contributed by atoms with Crippen LogP contribution in [0.2, 0.25) is 0 Å². The third-order valence-corrected chi connectivity index (χ3v) is 4.34. The van der Waals surface area contributed by atoms with Gasteiger partial charge in [0, 0.05) is 24.3 Å². The molecule has 0 amide bonds. The van der Waals surface area contributed by atoms with Crippen molar-refractivity contribution in [2.75, 3.05) is 19.0 Å². The molecule has 2 rings (SSSR count). The molecule has 23 heavy (non-hydrogen) atoms. The van der Waals surface area contributed by atoms with Crippen molar-refractivity contribution in [2.45, 2.75) is 19.9 Å². The van der Waals surface area contributed by atoms with Crippen LogP contribution in [0.4, 0.5) is 5.13 Å². The number of ether oxygens (including phenoxy) is 2. The van der Waals surface area contributed by atoms with Crippen LogP contribution in [-0.4, -0.2) is 24.7 Å². The Bertz CT molecular complexity index is 690. The Morgan fingerprint density at radius 1 is 1.48 bits per heavy atom. The second-order valence-electron chi connectivity index (χ2n) is 4.59. The summed E-state index contributed by atoms with van der Waals surface area (Å²) in [6, 6.07) is 3.83. The summed E-state index contributed by atoms with van der Waals surface area (Å²) in [4.78, 5) is 14.7. The van der Waals surface area contributed by atoms with E-state index in [0.29, 0.717) is 35.5 Å². The van der Waals surface area contributed by atoms with Gasteiger partial charge in [-0.3, -0.25) is 0 Å². The second-order valence-corrected chi connectivity index (χ2v) is 6.30. The number of carbonyl (C=O) groups is 1. The highest BCUT2D eigenvalue weighted by Crippen LogP contribution is 2.36. The van der Waals surface area contributed by atoms with E-state index in [2.05, 4.69) is 26.2 Å². The summed E-state index contributed by atoms with van der Waals surface area (Å²) >= 11 is 4.83. The minimum Gasteiger partial charge on any atom is -0.550 e. The molecule has 6 nitrogen and oxygen atoms in total. The SMILES string of the molecule is CCOc1c(Br)cc(CNc2nc(CC(=O)[O-])cs2)cc1OC. The summed E-state index contributed by atoms with van der Waals surface area (Å²) in [6.45, 7) is 2.99. The third kappa shape index (κ3) is 4.84. The number of nitrogens with zero attached hydrogens (tertiary/aromatic N) is 1. The summed E-state index contributed by atoms with van der Waals surface area (Å²) < 4.78 is 11.7. The quantitative estimate of drug-likeness (QED) is 0.732. The van der Waals surface area contributed by atoms with E-state index in [-0.39, 0.29) is 6.42 Å². The molecule has 0 bridgehead atoms. The van der Waals surface area contributed by atoms with Gasteiger partial charge in [-0.05, 0) is 40.5 Å². The molecule has 0 unspecified atom stereocenters. The van der Waals surface area contributed by atoms with Gasteiger partial charge in [0.05, 0.1) is 23.9 Å². The van der Waals surface area contributed by atoms with Gasteiger partial charge in [-0.2, -0.15) is 0 Å². The van der Waals surface area contributed by atoms with Gasteiger partial charge in [-0.15, -0.1) is 11.3 Å². The van der Waals surface area contributed by atoms with E-state index in [0.717, 1.165) is 10.0 Å². The maximum atomic E-state index is 10.6. The molecule has 8 heteroatoms. The van der Waals surface area contributed by atoms with E-state index < -0.39 is 5.97 Å². The number of nitrogens with one attached hydrogen (secondary N) is 1. The fraction of sp³-hybridized carbons (Fsp3) is 0.333. The highest BCUT2D eigenvalue weighted by atomic mass is 79.9. The van der Waals surface area contributed by atoms with Gasteiger partial charge in [0.15, 0.2) is 16.6 Å². The molecular weight excluding hydrogens is 384 g/mol. The molecular formula is C15H16BrN2O4S-. The van der Waals surface area contributed by atoms with Crippen molar-refractivity contribution in [3.8, 4) is 11.5 Å². The van der Waals surface area contributed by atoms with Crippen molar-refractivity contribution in [3.63, 3.8) is 0 Å². The summed E-state index contributed by atoms with van der Waals surface area (Å²) in [6.07, 6.45) is -0.180. The summed E-state index contributed by atoms with van der Waals surface area (Å²) in [7, 11) is 1.59. The topological polar surface area (TPSA) is 83.5 Å². The molecule has 1 heterocycles. The van der Waals surface area contributed by atoms with E-state index >= 15 is 0 Å². The normalized spacial score (nSPS) is 10.4. The molecule has 0 fully saturated rings. The molecule has 0 atom stereocenters. The highest BCUT2D eigenvalue weighted by molar-refractivity contribution is 9.10. The Kier molecular flexibility index (Phi) is 6.23. The average molecular weight is 400 g/mol. The number of hydrogen-bond acceptors (Lipinski definition) is 7. The zero-order valence-electron chi connectivity index (χ0n) is 12.7. The van der Waals surface area contributed by atoms with Gasteiger partial charge in [0.1, 0.15) is 0 Å². The summed E-state index contributed by atoms with van der Waals surface area (Å²) in [5, 5.41) is 16.1. The van der Waals surface area contributed by atoms with Gasteiger partial charge >= 0.3 is 0 Å². The van der Waals surface area contributed by atoms with Crippen LogP contribution in [0.1, 0.15) is 18.2 Å². The number of carboxylic acid groups (broad SMARTS) is 1. The van der Waals surface area contributed by atoms with E-state index in [9.17, 15) is 9.90 Å². The molecule has 0 radical (unpaired) electrons. The maximum Gasteiger partial charge on any atom is 0.183 e. The standard InChI is InChI=1S/C15H17BrN2O4S/c1-3-22-14-11(16)4-9(5-12(14)21-2)7-17-15-18-10(8-23-15)6-13(19)20/h4-5,8H,3,6-7H2,1-2H3,(H,17,18)(H,19,20)/p-1. The number of anilines is 1. The van der Waals surface area contributed by atoms with Crippen molar-refractivity contribution in [3.05, 3.63) is 33.2 Å². The maximum absolute atomic E-state index is 10.6. The summed E-state index contributed by atoms with van der Waals surface area (Å²) in [5.74, 6) is 0.182. The van der Waals surface area contributed by atoms with Gasteiger partial charge in [0.25, 0.3) is 0 Å². The number of aromatic nitrogens is 1. The molecule has 124 valence electrons. The lowest BCUT2D eigenvalue weighted by Gasteiger charge is -2.13. The molecule has 1 N–H and O–H groups in total. The first-order valence-corrected chi connectivity index (χ1v) is 8.58. The largest absolute Gasteiger partial charge is 0.550 e. The van der Waals surface area contributed by atoms with Crippen LogP contribution >= 0.6 is 27.3 Å². The number of carboxylic acids is 1. The summed E-state index contributed by atoms with van der Waals surface area (Å²) in [5.41, 5.74) is 1.47. The van der Waals surface area contributed by atoms with Gasteiger partial charge in [0.2, 0.25) is 0 Å². The van der Waals surface area contributed by atoms with E-state index in [1.807, 2.05) is 19.1 Å². The highest BCUT2D eigenvalue weighted by Gasteiger charge is 2.11. The van der Waals surface area contributed by atoms with Crippen molar-refractivity contribution < 1.29 is 19.4 Å². The number of carbonyl (C=O) groups excluding carboxylic acids is 1. The predicted molar refractivity (Wildman–Crippen MR) is 90.0 cm³/mol. The number of methoxy groups -OCH3 is 1. The Hall–Kier alpha value is -1.80. The Morgan fingerprint density at radius 2 is 2.26 bits per heavy atom. The van der Waals surface area contributed by atoms with E-state index in [1.54, 1.807) is 12.5 Å². The van der Waals surface area contributed by atoms with Crippen LogP contribution in [-0.2, 0) is 17.8 Å². The van der Waals surface area contributed by atoms with Gasteiger partial charge < -0.3 is 24.7 Å². The average Bonchev–Trinajstić information content (AvgIpc) is 2.94. The zero-order valence-corrected chi connectivity index (χ0v) is 15.1. The Morgan fingerprint density at radius 3 is 2.91 bits per heavy atom. The zero-order chi connectivity index (χ0) is 16.8. The number of thiazole rings is 1. The molecule has 2 aromatic rings. The fourth-order valence-corrected chi connectivity index (χ4v) is 3.27. The third-order valence-electron chi connectivity index (χ3n) is 2.90. The van der Waals surface area contributed by atoms with Crippen LogP contribution < -0.4 is 19.9 Å². The number of rotatable bonds is 8. The van der Waals surface area contributed by atoms with Crippen LogP contribution in [0.3, 0.4) is 0 Å². The van der Waals surface area contributed by atoms with Crippen molar-refractivity contribution in [2.24, 2.45) is 0 Å². The molecule has 1 aromatic carbocycles. The van der Waals surface area contributed by atoms with Crippen molar-refractivity contribution in [1.82, 2.24) is 4.98 Å². The van der Waals surface area contributed by atoms with E-state index in [4.69, 9.17) is 9.47 Å². The Labute approximate surface area is 146 Å². The van der Waals surface area contributed by atoms with Crippen LogP contribution in [0.5, 0.6) is 11.5 Å². The van der Waals surface area contributed by atoms with Crippen molar-refractivity contribution >= 4 is 38.4 Å². The lowest BCUT2D eigenvalue weighted by molar-refractivity contribution is -0.304. The Balaban J connectivity index is 2.07.